The summed E-state index contributed by atoms with van der Waals surface area (Å²) in [5, 5.41) is 2.02. The van der Waals surface area contributed by atoms with Gasteiger partial charge in [-0.15, -0.1) is 11.3 Å². The van der Waals surface area contributed by atoms with Gasteiger partial charge in [0.15, 0.2) is 4.80 Å². The Bertz CT molecular complexity index is 1150. The lowest BCUT2D eigenvalue weighted by Crippen LogP contribution is -2.22. The maximum Gasteiger partial charge on any atom is 0.242 e. The van der Waals surface area contributed by atoms with E-state index in [1.165, 1.54) is 29.7 Å². The fraction of sp³-hybridized carbons (Fsp3) is 0.286. The quantitative estimate of drug-likeness (QED) is 0.531. The number of ether oxygens (including phenoxy) is 2. The molecule has 9 heteroatoms. The average Bonchev–Trinajstić information content (AvgIpc) is 3.15. The van der Waals surface area contributed by atoms with Gasteiger partial charge in [-0.25, -0.2) is 17.7 Å². The van der Waals surface area contributed by atoms with Gasteiger partial charge in [-0.05, 0) is 42.0 Å². The number of rotatable bonds is 8. The van der Waals surface area contributed by atoms with Crippen LogP contribution in [0.3, 0.4) is 0 Å². The molecule has 0 fully saturated rings. The first-order valence-corrected chi connectivity index (χ1v) is 11.6. The minimum absolute atomic E-state index is 0.262. The minimum Gasteiger partial charge on any atom is -0.497 e. The molecule has 0 unspecified atom stereocenters. The van der Waals surface area contributed by atoms with Crippen molar-refractivity contribution in [2.24, 2.45) is 4.99 Å². The largest absolute Gasteiger partial charge is 0.497 e. The van der Waals surface area contributed by atoms with Crippen molar-refractivity contribution in [3.05, 3.63) is 58.7 Å². The monoisotopic (exact) mass is 447 g/mol. The van der Waals surface area contributed by atoms with Crippen LogP contribution in [-0.2, 0) is 21.3 Å². The average molecular weight is 448 g/mol. The Balaban J connectivity index is 2.02. The zero-order valence-corrected chi connectivity index (χ0v) is 19.0. The molecule has 0 saturated carbocycles. The van der Waals surface area contributed by atoms with E-state index in [0.717, 1.165) is 27.5 Å². The number of nitrogens with zero attached hydrogens (tertiary/aromatic N) is 3. The first-order chi connectivity index (χ1) is 14.4. The van der Waals surface area contributed by atoms with E-state index in [0.29, 0.717) is 13.2 Å². The van der Waals surface area contributed by atoms with Crippen LogP contribution in [0.1, 0.15) is 0 Å². The molecule has 0 bridgehead atoms. The van der Waals surface area contributed by atoms with Gasteiger partial charge >= 0.3 is 0 Å². The Morgan fingerprint density at radius 3 is 2.27 bits per heavy atom. The van der Waals surface area contributed by atoms with Crippen molar-refractivity contribution in [3.63, 3.8) is 0 Å². The van der Waals surface area contributed by atoms with E-state index in [-0.39, 0.29) is 4.90 Å². The van der Waals surface area contributed by atoms with Crippen molar-refractivity contribution in [2.45, 2.75) is 11.4 Å². The third kappa shape index (κ3) is 4.81. The van der Waals surface area contributed by atoms with Gasteiger partial charge < -0.3 is 14.0 Å². The van der Waals surface area contributed by atoms with Gasteiger partial charge in [-0.1, -0.05) is 12.1 Å². The zero-order valence-electron chi connectivity index (χ0n) is 17.4. The summed E-state index contributed by atoms with van der Waals surface area (Å²) < 4.78 is 38.4. The van der Waals surface area contributed by atoms with E-state index in [1.807, 2.05) is 41.8 Å². The van der Waals surface area contributed by atoms with Gasteiger partial charge in [0.1, 0.15) is 5.75 Å². The molecule has 160 valence electrons. The van der Waals surface area contributed by atoms with E-state index in [4.69, 9.17) is 14.5 Å². The third-order valence-corrected chi connectivity index (χ3v) is 7.24. The van der Waals surface area contributed by atoms with Crippen molar-refractivity contribution in [1.29, 1.82) is 0 Å². The van der Waals surface area contributed by atoms with Crippen LogP contribution in [0.25, 0.3) is 11.3 Å². The van der Waals surface area contributed by atoms with E-state index in [1.54, 1.807) is 26.4 Å². The molecule has 0 radical (unpaired) electrons. The molecule has 0 N–H and O–H groups in total. The van der Waals surface area contributed by atoms with Gasteiger partial charge in [0.2, 0.25) is 10.0 Å². The fourth-order valence-electron chi connectivity index (χ4n) is 2.82. The molecule has 3 aromatic rings. The highest BCUT2D eigenvalue weighted by atomic mass is 32.2. The second-order valence-corrected chi connectivity index (χ2v) is 9.66. The standard InChI is InChI=1S/C21H25N3O4S2/c1-23(2)30(25,26)19-11-5-16(6-12-19)20-15-29-21(24(20)13-14-27-3)22-17-7-9-18(28-4)10-8-17/h5-12,15H,13-14H2,1-4H3. The number of methoxy groups -OCH3 is 2. The number of hydrogen-bond acceptors (Lipinski definition) is 6. The van der Waals surface area contributed by atoms with E-state index in [9.17, 15) is 8.42 Å². The Morgan fingerprint density at radius 2 is 1.70 bits per heavy atom. The molecule has 1 heterocycles. The summed E-state index contributed by atoms with van der Waals surface area (Å²) in [5.74, 6) is 0.779. The predicted molar refractivity (Wildman–Crippen MR) is 119 cm³/mol. The molecule has 0 spiro atoms. The van der Waals surface area contributed by atoms with Gasteiger partial charge in [-0.2, -0.15) is 0 Å². The van der Waals surface area contributed by atoms with Crippen molar-refractivity contribution in [3.8, 4) is 17.0 Å². The molecule has 30 heavy (non-hydrogen) atoms. The molecule has 3 rings (SSSR count). The van der Waals surface area contributed by atoms with Crippen LogP contribution in [0, 0.1) is 0 Å². The summed E-state index contributed by atoms with van der Waals surface area (Å²) in [5.41, 5.74) is 2.69. The van der Waals surface area contributed by atoms with Crippen molar-refractivity contribution < 1.29 is 17.9 Å². The van der Waals surface area contributed by atoms with E-state index < -0.39 is 10.0 Å². The van der Waals surface area contributed by atoms with Crippen molar-refractivity contribution in [2.75, 3.05) is 34.9 Å². The second-order valence-electron chi connectivity index (χ2n) is 6.67. The lowest BCUT2D eigenvalue weighted by Gasteiger charge is -2.12. The van der Waals surface area contributed by atoms with E-state index in [2.05, 4.69) is 4.57 Å². The summed E-state index contributed by atoms with van der Waals surface area (Å²) in [7, 11) is 2.87. The molecule has 7 nitrogen and oxygen atoms in total. The first kappa shape index (κ1) is 22.2. The predicted octanol–water partition coefficient (Wildman–Crippen LogP) is 3.35. The maximum absolute atomic E-state index is 12.3. The molecule has 0 saturated heterocycles. The molecular formula is C21H25N3O4S2. The summed E-state index contributed by atoms with van der Waals surface area (Å²) in [6.45, 7) is 1.16. The minimum atomic E-state index is -3.46. The molecule has 0 aliphatic rings. The summed E-state index contributed by atoms with van der Waals surface area (Å²) >= 11 is 1.52. The van der Waals surface area contributed by atoms with Gasteiger partial charge in [0, 0.05) is 33.1 Å². The Hall–Kier alpha value is -2.46. The highest BCUT2D eigenvalue weighted by molar-refractivity contribution is 7.89. The molecule has 0 aliphatic heterocycles. The number of sulfonamides is 1. The lowest BCUT2D eigenvalue weighted by atomic mass is 10.2. The second kappa shape index (κ2) is 9.57. The summed E-state index contributed by atoms with van der Waals surface area (Å²) in [4.78, 5) is 5.86. The van der Waals surface area contributed by atoms with Crippen LogP contribution < -0.4 is 9.54 Å². The van der Waals surface area contributed by atoms with Crippen LogP contribution in [0.4, 0.5) is 5.69 Å². The smallest absolute Gasteiger partial charge is 0.242 e. The van der Waals surface area contributed by atoms with Gasteiger partial charge in [0.25, 0.3) is 0 Å². The highest BCUT2D eigenvalue weighted by Crippen LogP contribution is 2.24. The molecule has 1 aromatic heterocycles. The maximum atomic E-state index is 12.3. The Labute approximate surface area is 180 Å². The van der Waals surface area contributed by atoms with Crippen molar-refractivity contribution >= 4 is 27.0 Å². The molecule has 0 amide bonds. The van der Waals surface area contributed by atoms with E-state index >= 15 is 0 Å². The number of aromatic nitrogens is 1. The van der Waals surface area contributed by atoms with Crippen molar-refractivity contribution in [1.82, 2.24) is 8.87 Å². The summed E-state index contributed by atoms with van der Waals surface area (Å²) in [6, 6.07) is 14.4. The third-order valence-electron chi connectivity index (χ3n) is 4.54. The molecule has 2 aromatic carbocycles. The first-order valence-electron chi connectivity index (χ1n) is 9.26. The molecule has 0 aliphatic carbocycles. The topological polar surface area (TPSA) is 73.1 Å². The van der Waals surface area contributed by atoms with Gasteiger partial charge in [0.05, 0.1) is 30.0 Å². The SMILES string of the molecule is COCCn1c(-c2ccc(S(=O)(=O)N(C)C)cc2)csc1=Nc1ccc(OC)cc1. The van der Waals surface area contributed by atoms with Crippen LogP contribution in [0.5, 0.6) is 5.75 Å². The number of hydrogen-bond donors (Lipinski definition) is 0. The summed E-state index contributed by atoms with van der Waals surface area (Å²) in [6.07, 6.45) is 0. The number of thiazole rings is 1. The normalized spacial score (nSPS) is 12.5. The van der Waals surface area contributed by atoms with Crippen LogP contribution in [0.2, 0.25) is 0 Å². The molecular weight excluding hydrogens is 422 g/mol. The van der Waals surface area contributed by atoms with Crippen LogP contribution in [-0.4, -0.2) is 52.2 Å². The number of benzene rings is 2. The Morgan fingerprint density at radius 1 is 1.03 bits per heavy atom. The fourth-order valence-corrected chi connectivity index (χ4v) is 4.68. The zero-order chi connectivity index (χ0) is 21.7. The van der Waals surface area contributed by atoms with Crippen LogP contribution in [0.15, 0.2) is 63.8 Å². The lowest BCUT2D eigenvalue weighted by molar-refractivity contribution is 0.187. The van der Waals surface area contributed by atoms with Crippen LogP contribution >= 0.6 is 11.3 Å². The van der Waals surface area contributed by atoms with Gasteiger partial charge in [-0.3, -0.25) is 0 Å². The highest BCUT2D eigenvalue weighted by Gasteiger charge is 2.17. The molecule has 0 atom stereocenters. The Kier molecular flexibility index (Phi) is 7.09.